The molecule has 0 unspecified atom stereocenters. The summed E-state index contributed by atoms with van der Waals surface area (Å²) >= 11 is 6.10. The smallest absolute Gasteiger partial charge is 0.257 e. The van der Waals surface area contributed by atoms with Crippen LogP contribution in [0.25, 0.3) is 0 Å². The highest BCUT2D eigenvalue weighted by molar-refractivity contribution is 6.31. The molecule has 6 heteroatoms. The lowest BCUT2D eigenvalue weighted by molar-refractivity contribution is -0.114. The first-order valence-electron chi connectivity index (χ1n) is 8.79. The maximum absolute atomic E-state index is 12.6. The molecule has 0 radical (unpaired) electrons. The van der Waals surface area contributed by atoms with Gasteiger partial charge >= 0.3 is 0 Å². The zero-order valence-corrected chi connectivity index (χ0v) is 16.1. The second kappa shape index (κ2) is 9.06. The molecule has 3 rings (SSSR count). The third-order valence-electron chi connectivity index (χ3n) is 4.18. The molecule has 2 amide bonds. The quantitative estimate of drug-likeness (QED) is 0.554. The van der Waals surface area contributed by atoms with Gasteiger partial charge in [0.25, 0.3) is 5.91 Å². The van der Waals surface area contributed by atoms with Crippen LogP contribution in [0.3, 0.4) is 0 Å². The summed E-state index contributed by atoms with van der Waals surface area (Å²) in [5, 5.41) is 9.31. The molecule has 0 aliphatic rings. The van der Waals surface area contributed by atoms with E-state index in [4.69, 9.17) is 11.6 Å². The Kier molecular flexibility index (Phi) is 6.29. The van der Waals surface area contributed by atoms with Gasteiger partial charge in [-0.2, -0.15) is 0 Å². The minimum atomic E-state index is -0.291. The van der Waals surface area contributed by atoms with E-state index < -0.39 is 0 Å². The molecule has 0 bridgehead atoms. The van der Waals surface area contributed by atoms with Gasteiger partial charge in [-0.25, -0.2) is 0 Å². The molecule has 0 heterocycles. The summed E-state index contributed by atoms with van der Waals surface area (Å²) in [4.78, 5) is 25.0. The lowest BCUT2D eigenvalue weighted by atomic mass is 10.1. The van der Waals surface area contributed by atoms with E-state index in [9.17, 15) is 9.59 Å². The van der Waals surface area contributed by atoms with Crippen LogP contribution in [0.5, 0.6) is 0 Å². The van der Waals surface area contributed by atoms with Gasteiger partial charge in [-0.3, -0.25) is 9.59 Å². The molecular weight excluding hydrogens is 374 g/mol. The first-order valence-corrected chi connectivity index (χ1v) is 9.16. The molecule has 142 valence electrons. The van der Waals surface area contributed by atoms with E-state index in [0.29, 0.717) is 22.0 Å². The maximum Gasteiger partial charge on any atom is 0.257 e. The first kappa shape index (κ1) is 19.5. The number of nitrogens with one attached hydrogen (secondary N) is 3. The van der Waals surface area contributed by atoms with Crippen molar-refractivity contribution in [2.45, 2.75) is 6.92 Å². The SMILES string of the molecule is Cc1c(Cl)cccc1NCC(=O)Nc1ccccc1C(=O)Nc1ccccc1. The molecule has 0 aliphatic carbocycles. The summed E-state index contributed by atoms with van der Waals surface area (Å²) in [6.07, 6.45) is 0. The van der Waals surface area contributed by atoms with Crippen LogP contribution in [0, 0.1) is 6.92 Å². The van der Waals surface area contributed by atoms with E-state index in [0.717, 1.165) is 11.3 Å². The van der Waals surface area contributed by atoms with Gasteiger partial charge in [0.1, 0.15) is 0 Å². The summed E-state index contributed by atoms with van der Waals surface area (Å²) in [6.45, 7) is 1.93. The minimum Gasteiger partial charge on any atom is -0.376 e. The van der Waals surface area contributed by atoms with Crippen LogP contribution in [0.1, 0.15) is 15.9 Å². The summed E-state index contributed by atoms with van der Waals surface area (Å²) in [6, 6.07) is 21.5. The van der Waals surface area contributed by atoms with Crippen LogP contribution in [-0.4, -0.2) is 18.4 Å². The van der Waals surface area contributed by atoms with E-state index in [-0.39, 0.29) is 18.4 Å². The van der Waals surface area contributed by atoms with Gasteiger partial charge in [0.2, 0.25) is 5.91 Å². The molecule has 0 saturated carbocycles. The standard InChI is InChI=1S/C22H20ClN3O2/c1-15-18(23)11-7-13-19(15)24-14-21(27)26-20-12-6-5-10-17(20)22(28)25-16-8-3-2-4-9-16/h2-13,24H,14H2,1H3,(H,25,28)(H,26,27). The molecule has 0 spiro atoms. The Morgan fingerprint density at radius 3 is 2.29 bits per heavy atom. The van der Waals surface area contributed by atoms with Crippen LogP contribution in [-0.2, 0) is 4.79 Å². The third-order valence-corrected chi connectivity index (χ3v) is 4.59. The van der Waals surface area contributed by atoms with Crippen LogP contribution in [0.2, 0.25) is 5.02 Å². The van der Waals surface area contributed by atoms with Crippen LogP contribution >= 0.6 is 11.6 Å². The molecule has 0 fully saturated rings. The second-order valence-electron chi connectivity index (χ2n) is 6.18. The number of hydrogen-bond acceptors (Lipinski definition) is 3. The highest BCUT2D eigenvalue weighted by Gasteiger charge is 2.13. The first-order chi connectivity index (χ1) is 13.5. The third kappa shape index (κ3) is 4.90. The molecule has 3 aromatic rings. The van der Waals surface area contributed by atoms with Crippen molar-refractivity contribution in [3.05, 3.63) is 88.9 Å². The van der Waals surface area contributed by atoms with E-state index >= 15 is 0 Å². The number of carbonyl (C=O) groups is 2. The van der Waals surface area contributed by atoms with Crippen molar-refractivity contribution in [3.8, 4) is 0 Å². The Hall–Kier alpha value is -3.31. The van der Waals surface area contributed by atoms with Crippen molar-refractivity contribution in [3.63, 3.8) is 0 Å². The lowest BCUT2D eigenvalue weighted by Crippen LogP contribution is -2.24. The van der Waals surface area contributed by atoms with Crippen LogP contribution in [0.15, 0.2) is 72.8 Å². The van der Waals surface area contributed by atoms with Crippen molar-refractivity contribution in [1.29, 1.82) is 0 Å². The number of carbonyl (C=O) groups excluding carboxylic acids is 2. The van der Waals surface area contributed by atoms with Crippen molar-refractivity contribution in [2.75, 3.05) is 22.5 Å². The lowest BCUT2D eigenvalue weighted by Gasteiger charge is -2.13. The summed E-state index contributed by atoms with van der Waals surface area (Å²) in [5.74, 6) is -0.555. The number of amides is 2. The average molecular weight is 394 g/mol. The highest BCUT2D eigenvalue weighted by Crippen LogP contribution is 2.23. The summed E-state index contributed by atoms with van der Waals surface area (Å²) < 4.78 is 0. The molecule has 0 aromatic heterocycles. The number of hydrogen-bond donors (Lipinski definition) is 3. The van der Waals surface area contributed by atoms with Gasteiger partial charge in [0.15, 0.2) is 0 Å². The van der Waals surface area contributed by atoms with E-state index in [1.807, 2.05) is 37.3 Å². The Morgan fingerprint density at radius 1 is 0.821 bits per heavy atom. The van der Waals surface area contributed by atoms with Gasteiger partial charge in [-0.15, -0.1) is 0 Å². The fraction of sp³-hybridized carbons (Fsp3) is 0.0909. The summed E-state index contributed by atoms with van der Waals surface area (Å²) in [5.41, 5.74) is 3.19. The Morgan fingerprint density at radius 2 is 1.50 bits per heavy atom. The molecule has 0 atom stereocenters. The van der Waals surface area contributed by atoms with E-state index in [2.05, 4.69) is 16.0 Å². The van der Waals surface area contributed by atoms with Gasteiger partial charge in [0, 0.05) is 16.4 Å². The van der Waals surface area contributed by atoms with E-state index in [1.54, 1.807) is 42.5 Å². The Balaban J connectivity index is 1.66. The normalized spacial score (nSPS) is 10.2. The molecule has 0 aliphatic heterocycles. The molecule has 5 nitrogen and oxygen atoms in total. The second-order valence-corrected chi connectivity index (χ2v) is 6.59. The molecule has 0 saturated heterocycles. The highest BCUT2D eigenvalue weighted by atomic mass is 35.5. The predicted octanol–water partition coefficient (Wildman–Crippen LogP) is 4.95. The van der Waals surface area contributed by atoms with E-state index in [1.165, 1.54) is 0 Å². The number of para-hydroxylation sites is 2. The van der Waals surface area contributed by atoms with Crippen molar-refractivity contribution < 1.29 is 9.59 Å². The van der Waals surface area contributed by atoms with Crippen LogP contribution in [0.4, 0.5) is 17.1 Å². The van der Waals surface area contributed by atoms with Crippen molar-refractivity contribution >= 4 is 40.5 Å². The Bertz CT molecular complexity index is 990. The molecule has 3 aromatic carbocycles. The topological polar surface area (TPSA) is 70.2 Å². The van der Waals surface area contributed by atoms with Crippen LogP contribution < -0.4 is 16.0 Å². The van der Waals surface area contributed by atoms with Gasteiger partial charge in [0.05, 0.1) is 17.8 Å². The molecule has 28 heavy (non-hydrogen) atoms. The number of halogens is 1. The van der Waals surface area contributed by atoms with Crippen molar-refractivity contribution in [1.82, 2.24) is 0 Å². The Labute approximate surface area is 168 Å². The number of benzene rings is 3. The number of anilines is 3. The predicted molar refractivity (Wildman–Crippen MR) is 114 cm³/mol. The molecular formula is C22H20ClN3O2. The fourth-order valence-corrected chi connectivity index (χ4v) is 2.85. The monoisotopic (exact) mass is 393 g/mol. The average Bonchev–Trinajstić information content (AvgIpc) is 2.70. The van der Waals surface area contributed by atoms with Crippen molar-refractivity contribution in [2.24, 2.45) is 0 Å². The maximum atomic E-state index is 12.6. The minimum absolute atomic E-state index is 0.0514. The zero-order valence-electron chi connectivity index (χ0n) is 15.3. The zero-order chi connectivity index (χ0) is 19.9. The largest absolute Gasteiger partial charge is 0.376 e. The molecule has 3 N–H and O–H groups in total. The van der Waals surface area contributed by atoms with Gasteiger partial charge < -0.3 is 16.0 Å². The fourth-order valence-electron chi connectivity index (χ4n) is 2.68. The summed E-state index contributed by atoms with van der Waals surface area (Å²) in [7, 11) is 0. The van der Waals surface area contributed by atoms with Gasteiger partial charge in [-0.05, 0) is 48.9 Å². The number of rotatable bonds is 6. The van der Waals surface area contributed by atoms with Gasteiger partial charge in [-0.1, -0.05) is 48.0 Å².